The van der Waals surface area contributed by atoms with Crippen LogP contribution in [0.25, 0.3) is 0 Å². The summed E-state index contributed by atoms with van der Waals surface area (Å²) in [6, 6.07) is 0. The van der Waals surface area contributed by atoms with E-state index in [2.05, 4.69) is 4.72 Å². The first-order valence-electron chi connectivity index (χ1n) is 5.62. The SMILES string of the molecule is CS(=O)(=O)NCCC1(CN)CCCCC1. The third kappa shape index (κ3) is 4.49. The molecule has 4 nitrogen and oxygen atoms in total. The zero-order valence-corrected chi connectivity index (χ0v) is 10.3. The second-order valence-electron chi connectivity index (χ2n) is 4.68. The van der Waals surface area contributed by atoms with Crippen LogP contribution in [0.2, 0.25) is 0 Å². The number of hydrogen-bond acceptors (Lipinski definition) is 3. The van der Waals surface area contributed by atoms with Crippen molar-refractivity contribution < 1.29 is 8.42 Å². The van der Waals surface area contributed by atoms with Crippen molar-refractivity contribution in [2.75, 3.05) is 19.3 Å². The lowest BCUT2D eigenvalue weighted by molar-refractivity contribution is 0.184. The summed E-state index contributed by atoms with van der Waals surface area (Å²) >= 11 is 0. The van der Waals surface area contributed by atoms with Gasteiger partial charge >= 0.3 is 0 Å². The molecule has 0 radical (unpaired) electrons. The minimum atomic E-state index is -3.05. The lowest BCUT2D eigenvalue weighted by Gasteiger charge is -2.36. The average Bonchev–Trinajstić information content (AvgIpc) is 2.17. The molecule has 1 aliphatic carbocycles. The number of sulfonamides is 1. The van der Waals surface area contributed by atoms with Crippen molar-refractivity contribution in [2.45, 2.75) is 38.5 Å². The summed E-state index contributed by atoms with van der Waals surface area (Å²) in [5.74, 6) is 0. The first-order chi connectivity index (χ1) is 6.97. The van der Waals surface area contributed by atoms with E-state index < -0.39 is 10.0 Å². The van der Waals surface area contributed by atoms with Crippen molar-refractivity contribution in [2.24, 2.45) is 11.1 Å². The normalized spacial score (nSPS) is 21.5. The van der Waals surface area contributed by atoms with Gasteiger partial charge in [-0.1, -0.05) is 19.3 Å². The zero-order chi connectivity index (χ0) is 11.4. The maximum atomic E-state index is 10.9. The smallest absolute Gasteiger partial charge is 0.208 e. The van der Waals surface area contributed by atoms with E-state index in [4.69, 9.17) is 5.73 Å². The Hall–Kier alpha value is -0.130. The van der Waals surface area contributed by atoms with Crippen LogP contribution in [0, 0.1) is 5.41 Å². The van der Waals surface area contributed by atoms with E-state index in [0.29, 0.717) is 13.1 Å². The van der Waals surface area contributed by atoms with Gasteiger partial charge in [-0.2, -0.15) is 0 Å². The van der Waals surface area contributed by atoms with E-state index in [0.717, 1.165) is 19.3 Å². The largest absolute Gasteiger partial charge is 0.330 e. The second kappa shape index (κ2) is 5.27. The van der Waals surface area contributed by atoms with E-state index in [1.54, 1.807) is 0 Å². The van der Waals surface area contributed by atoms with Gasteiger partial charge in [-0.3, -0.25) is 0 Å². The molecule has 0 unspecified atom stereocenters. The molecule has 0 aromatic heterocycles. The zero-order valence-electron chi connectivity index (χ0n) is 9.46. The summed E-state index contributed by atoms with van der Waals surface area (Å²) in [4.78, 5) is 0. The summed E-state index contributed by atoms with van der Waals surface area (Å²) < 4.78 is 24.4. The molecule has 15 heavy (non-hydrogen) atoms. The molecule has 0 aromatic carbocycles. The van der Waals surface area contributed by atoms with E-state index in [1.807, 2.05) is 0 Å². The Balaban J connectivity index is 2.39. The van der Waals surface area contributed by atoms with Crippen molar-refractivity contribution in [3.63, 3.8) is 0 Å². The fraction of sp³-hybridized carbons (Fsp3) is 1.00. The van der Waals surface area contributed by atoms with Gasteiger partial charge in [0.05, 0.1) is 6.26 Å². The van der Waals surface area contributed by atoms with Crippen molar-refractivity contribution in [1.29, 1.82) is 0 Å². The number of nitrogens with two attached hydrogens (primary N) is 1. The molecule has 5 heteroatoms. The maximum absolute atomic E-state index is 10.9. The summed E-state index contributed by atoms with van der Waals surface area (Å²) in [5, 5.41) is 0. The number of nitrogens with one attached hydrogen (secondary N) is 1. The lowest BCUT2D eigenvalue weighted by atomic mass is 9.72. The van der Waals surface area contributed by atoms with E-state index >= 15 is 0 Å². The summed E-state index contributed by atoms with van der Waals surface area (Å²) in [6.07, 6.45) is 8.12. The predicted octanol–water partition coefficient (Wildman–Crippen LogP) is 0.835. The second-order valence-corrected chi connectivity index (χ2v) is 6.51. The maximum Gasteiger partial charge on any atom is 0.208 e. The third-order valence-corrected chi connectivity index (χ3v) is 4.10. The Bertz CT molecular complexity index is 282. The first-order valence-corrected chi connectivity index (χ1v) is 7.51. The molecular formula is C10H22N2O2S. The van der Waals surface area contributed by atoms with Crippen molar-refractivity contribution in [1.82, 2.24) is 4.72 Å². The Morgan fingerprint density at radius 1 is 1.27 bits per heavy atom. The molecule has 0 spiro atoms. The van der Waals surface area contributed by atoms with E-state index in [-0.39, 0.29) is 5.41 Å². The molecule has 1 saturated carbocycles. The van der Waals surface area contributed by atoms with Gasteiger partial charge in [0.15, 0.2) is 0 Å². The minimum Gasteiger partial charge on any atom is -0.330 e. The Kier molecular flexibility index (Phi) is 4.55. The molecular weight excluding hydrogens is 212 g/mol. The van der Waals surface area contributed by atoms with Crippen LogP contribution >= 0.6 is 0 Å². The van der Waals surface area contributed by atoms with Gasteiger partial charge in [0.25, 0.3) is 0 Å². The fourth-order valence-corrected chi connectivity index (χ4v) is 2.83. The van der Waals surface area contributed by atoms with Gasteiger partial charge in [-0.25, -0.2) is 13.1 Å². The minimum absolute atomic E-state index is 0.190. The van der Waals surface area contributed by atoms with Gasteiger partial charge in [0.2, 0.25) is 10.0 Å². The van der Waals surface area contributed by atoms with E-state index in [1.165, 1.54) is 25.5 Å². The standard InChI is InChI=1S/C10H22N2O2S/c1-15(13,14)12-8-7-10(9-11)5-3-2-4-6-10/h12H,2-9,11H2,1H3. The van der Waals surface area contributed by atoms with Gasteiger partial charge in [-0.15, -0.1) is 0 Å². The van der Waals surface area contributed by atoms with E-state index in [9.17, 15) is 8.42 Å². The van der Waals surface area contributed by atoms with Crippen LogP contribution in [0.1, 0.15) is 38.5 Å². The molecule has 1 fully saturated rings. The molecule has 0 bridgehead atoms. The van der Waals surface area contributed by atoms with Crippen LogP contribution in [-0.4, -0.2) is 27.8 Å². The van der Waals surface area contributed by atoms with Crippen molar-refractivity contribution in [3.05, 3.63) is 0 Å². The molecule has 1 aliphatic rings. The van der Waals surface area contributed by atoms with Crippen LogP contribution < -0.4 is 10.5 Å². The average molecular weight is 234 g/mol. The molecule has 0 saturated heterocycles. The Morgan fingerprint density at radius 3 is 2.33 bits per heavy atom. The highest BCUT2D eigenvalue weighted by Crippen LogP contribution is 2.37. The fourth-order valence-electron chi connectivity index (χ4n) is 2.36. The Labute approximate surface area is 92.7 Å². The van der Waals surface area contributed by atoms with Crippen molar-refractivity contribution >= 4 is 10.0 Å². The van der Waals surface area contributed by atoms with Crippen LogP contribution in [0.3, 0.4) is 0 Å². The topological polar surface area (TPSA) is 72.2 Å². The monoisotopic (exact) mass is 234 g/mol. The van der Waals surface area contributed by atoms with Crippen LogP contribution in [0.5, 0.6) is 0 Å². The molecule has 0 aromatic rings. The van der Waals surface area contributed by atoms with Gasteiger partial charge in [-0.05, 0) is 31.2 Å². The Morgan fingerprint density at radius 2 is 1.87 bits per heavy atom. The van der Waals surface area contributed by atoms with Crippen LogP contribution in [0.4, 0.5) is 0 Å². The number of hydrogen-bond donors (Lipinski definition) is 2. The lowest BCUT2D eigenvalue weighted by Crippen LogP contribution is -2.36. The highest BCUT2D eigenvalue weighted by molar-refractivity contribution is 7.88. The molecule has 3 N–H and O–H groups in total. The van der Waals surface area contributed by atoms with Crippen LogP contribution in [-0.2, 0) is 10.0 Å². The highest BCUT2D eigenvalue weighted by atomic mass is 32.2. The molecule has 90 valence electrons. The van der Waals surface area contributed by atoms with Gasteiger partial charge < -0.3 is 5.73 Å². The molecule has 0 amide bonds. The highest BCUT2D eigenvalue weighted by Gasteiger charge is 2.30. The van der Waals surface area contributed by atoms with Crippen LogP contribution in [0.15, 0.2) is 0 Å². The quantitative estimate of drug-likeness (QED) is 0.740. The third-order valence-electron chi connectivity index (χ3n) is 3.37. The molecule has 0 heterocycles. The van der Waals surface area contributed by atoms with Gasteiger partial charge in [0, 0.05) is 6.54 Å². The number of rotatable bonds is 5. The summed E-state index contributed by atoms with van der Waals surface area (Å²) in [7, 11) is -3.05. The van der Waals surface area contributed by atoms with Crippen molar-refractivity contribution in [3.8, 4) is 0 Å². The van der Waals surface area contributed by atoms with Gasteiger partial charge in [0.1, 0.15) is 0 Å². The summed E-state index contributed by atoms with van der Waals surface area (Å²) in [6.45, 7) is 1.20. The predicted molar refractivity (Wildman–Crippen MR) is 62.0 cm³/mol. The first kappa shape index (κ1) is 12.9. The summed E-state index contributed by atoms with van der Waals surface area (Å²) in [5.41, 5.74) is 6.00. The molecule has 0 atom stereocenters. The molecule has 0 aliphatic heterocycles. The molecule has 1 rings (SSSR count).